The summed E-state index contributed by atoms with van der Waals surface area (Å²) in [7, 11) is 1.68. The first-order valence-corrected chi connectivity index (χ1v) is 11.5. The summed E-state index contributed by atoms with van der Waals surface area (Å²) >= 11 is 0. The first-order chi connectivity index (χ1) is 16.6. The number of hydrogen-bond donors (Lipinski definition) is 2. The maximum atomic E-state index is 10.0. The number of aromatic nitrogens is 2. The van der Waals surface area contributed by atoms with Crippen molar-refractivity contribution in [2.24, 2.45) is 4.99 Å². The Hall–Kier alpha value is -3.84. The number of anilines is 1. The molecule has 0 aliphatic carbocycles. The van der Waals surface area contributed by atoms with E-state index in [9.17, 15) is 5.11 Å². The summed E-state index contributed by atoms with van der Waals surface area (Å²) in [4.78, 5) is 11.7. The zero-order valence-corrected chi connectivity index (χ0v) is 19.6. The van der Waals surface area contributed by atoms with Crippen LogP contribution in [0.15, 0.2) is 84.0 Å². The highest BCUT2D eigenvalue weighted by molar-refractivity contribution is 6.04. The molecule has 2 N–H and O–H groups in total. The Morgan fingerprint density at radius 2 is 2.06 bits per heavy atom. The van der Waals surface area contributed by atoms with Gasteiger partial charge in [-0.15, -0.1) is 0 Å². The van der Waals surface area contributed by atoms with E-state index in [1.807, 2.05) is 53.2 Å². The molecule has 7 heteroatoms. The van der Waals surface area contributed by atoms with Gasteiger partial charge >= 0.3 is 0 Å². The second-order valence-electron chi connectivity index (χ2n) is 8.50. The Balaban J connectivity index is 1.42. The fourth-order valence-corrected chi connectivity index (χ4v) is 4.52. The van der Waals surface area contributed by atoms with Gasteiger partial charge in [0.1, 0.15) is 5.75 Å². The maximum Gasteiger partial charge on any atom is 0.152 e. The van der Waals surface area contributed by atoms with Crippen LogP contribution >= 0.6 is 0 Å². The van der Waals surface area contributed by atoms with Crippen LogP contribution in [0.25, 0.3) is 5.69 Å². The van der Waals surface area contributed by atoms with Crippen molar-refractivity contribution < 1.29 is 9.84 Å². The Morgan fingerprint density at radius 3 is 2.82 bits per heavy atom. The highest BCUT2D eigenvalue weighted by Gasteiger charge is 2.35. The molecular weight excluding hydrogens is 426 g/mol. The number of aliphatic imine (C=N–C) groups is 1. The van der Waals surface area contributed by atoms with E-state index < -0.39 is 0 Å². The van der Waals surface area contributed by atoms with Crippen LogP contribution in [0.3, 0.4) is 0 Å². The Morgan fingerprint density at radius 1 is 1.18 bits per heavy atom. The summed E-state index contributed by atoms with van der Waals surface area (Å²) in [5.41, 5.74) is 5.70. The molecule has 0 saturated carbocycles. The molecule has 5 rings (SSSR count). The van der Waals surface area contributed by atoms with Crippen molar-refractivity contribution in [3.05, 3.63) is 95.9 Å². The molecule has 7 nitrogen and oxygen atoms in total. The summed E-state index contributed by atoms with van der Waals surface area (Å²) < 4.78 is 7.37. The summed E-state index contributed by atoms with van der Waals surface area (Å²) in [5.74, 6) is 1.74. The van der Waals surface area contributed by atoms with Gasteiger partial charge in [0.2, 0.25) is 0 Å². The second kappa shape index (κ2) is 9.19. The molecule has 1 aromatic heterocycles. The second-order valence-corrected chi connectivity index (χ2v) is 8.50. The molecule has 2 aromatic carbocycles. The lowest BCUT2D eigenvalue weighted by atomic mass is 10.0. The number of hydrogen-bond acceptors (Lipinski definition) is 6. The van der Waals surface area contributed by atoms with Crippen LogP contribution in [-0.2, 0) is 13.0 Å². The lowest BCUT2D eigenvalue weighted by molar-refractivity contribution is 0.281. The van der Waals surface area contributed by atoms with Crippen LogP contribution in [0, 0.1) is 0 Å². The Kier molecular flexibility index (Phi) is 5.94. The minimum atomic E-state index is -0.0640. The lowest BCUT2D eigenvalue weighted by Gasteiger charge is -2.27. The summed E-state index contributed by atoms with van der Waals surface area (Å²) in [6.07, 6.45) is 10.8. The number of aliphatic hydroxyl groups excluding tert-OH is 1. The molecule has 174 valence electrons. The molecule has 0 spiro atoms. The molecule has 2 unspecified atom stereocenters. The van der Waals surface area contributed by atoms with Crippen LogP contribution in [-0.4, -0.2) is 38.5 Å². The first kappa shape index (κ1) is 22.0. The predicted octanol–water partition coefficient (Wildman–Crippen LogP) is 4.60. The lowest BCUT2D eigenvalue weighted by Crippen LogP contribution is -2.34. The SMILES string of the molecule is CCc1cn(-c2ccc(NC3=CC=CN4C3=NC(c3cccc(OC)c3)C4C)cc2CO)cn1. The van der Waals surface area contributed by atoms with Gasteiger partial charge in [-0.05, 0) is 61.4 Å². The number of methoxy groups -OCH3 is 1. The fourth-order valence-electron chi connectivity index (χ4n) is 4.52. The molecule has 0 saturated heterocycles. The van der Waals surface area contributed by atoms with E-state index in [0.717, 1.165) is 51.9 Å². The monoisotopic (exact) mass is 455 g/mol. The third-order valence-corrected chi connectivity index (χ3v) is 6.39. The average Bonchev–Trinajstić information content (AvgIpc) is 3.49. The van der Waals surface area contributed by atoms with Crippen LogP contribution in [0.2, 0.25) is 0 Å². The van der Waals surface area contributed by atoms with E-state index in [-0.39, 0.29) is 18.7 Å². The van der Waals surface area contributed by atoms with E-state index in [1.165, 1.54) is 0 Å². The van der Waals surface area contributed by atoms with Gasteiger partial charge in [0.15, 0.2) is 5.84 Å². The normalized spacial score (nSPS) is 19.0. The number of nitrogens with zero attached hydrogens (tertiary/aromatic N) is 4. The molecule has 3 aromatic rings. The molecule has 2 aliphatic rings. The number of amidine groups is 1. The zero-order chi connectivity index (χ0) is 23.7. The van der Waals surface area contributed by atoms with E-state index in [1.54, 1.807) is 13.4 Å². The number of allylic oxidation sites excluding steroid dienone is 2. The highest BCUT2D eigenvalue weighted by atomic mass is 16.5. The molecule has 0 amide bonds. The van der Waals surface area contributed by atoms with Gasteiger partial charge in [0.05, 0.1) is 49.2 Å². The standard InChI is InChI=1S/C27H29N5O2/c1-4-21-15-31(17-28-21)25-11-10-22(13-20(25)16-33)29-24-9-6-12-32-18(2)26(30-27(24)32)19-7-5-8-23(14-19)34-3/h5-15,17-18,26,29,33H,4,16H2,1-3H3. The molecule has 2 aliphatic heterocycles. The van der Waals surface area contributed by atoms with Crippen molar-refractivity contribution in [3.63, 3.8) is 0 Å². The highest BCUT2D eigenvalue weighted by Crippen LogP contribution is 2.36. The molecule has 3 heterocycles. The quantitative estimate of drug-likeness (QED) is 0.545. The number of imidazole rings is 1. The minimum Gasteiger partial charge on any atom is -0.497 e. The first-order valence-electron chi connectivity index (χ1n) is 11.5. The third kappa shape index (κ3) is 3.99. The van der Waals surface area contributed by atoms with Crippen molar-refractivity contribution >= 4 is 11.5 Å². The smallest absolute Gasteiger partial charge is 0.152 e. The average molecular weight is 456 g/mol. The van der Waals surface area contributed by atoms with Gasteiger partial charge < -0.3 is 24.6 Å². The van der Waals surface area contributed by atoms with E-state index in [2.05, 4.69) is 47.4 Å². The van der Waals surface area contributed by atoms with Gasteiger partial charge in [0.25, 0.3) is 0 Å². The molecule has 0 radical (unpaired) electrons. The van der Waals surface area contributed by atoms with Gasteiger partial charge in [-0.1, -0.05) is 19.1 Å². The number of ether oxygens (including phenoxy) is 1. The van der Waals surface area contributed by atoms with E-state index in [4.69, 9.17) is 9.73 Å². The molecule has 0 fully saturated rings. The Labute approximate surface area is 199 Å². The Bertz CT molecular complexity index is 1290. The van der Waals surface area contributed by atoms with Crippen LogP contribution in [0.4, 0.5) is 5.69 Å². The molecular formula is C27H29N5O2. The van der Waals surface area contributed by atoms with Crippen LogP contribution in [0.1, 0.15) is 36.7 Å². The summed E-state index contributed by atoms with van der Waals surface area (Å²) in [6, 6.07) is 14.3. The van der Waals surface area contributed by atoms with Crippen molar-refractivity contribution in [2.75, 3.05) is 12.4 Å². The number of benzene rings is 2. The van der Waals surface area contributed by atoms with Crippen LogP contribution < -0.4 is 10.1 Å². The number of fused-ring (bicyclic) bond motifs is 1. The predicted molar refractivity (Wildman–Crippen MR) is 134 cm³/mol. The number of rotatable bonds is 7. The summed E-state index contributed by atoms with van der Waals surface area (Å²) in [6.45, 7) is 4.20. The van der Waals surface area contributed by atoms with Gasteiger partial charge in [0, 0.05) is 23.6 Å². The molecule has 34 heavy (non-hydrogen) atoms. The summed E-state index contributed by atoms with van der Waals surface area (Å²) in [5, 5.41) is 13.5. The van der Waals surface area contributed by atoms with Gasteiger partial charge in [-0.25, -0.2) is 4.98 Å². The minimum absolute atomic E-state index is 0.00225. The topological polar surface area (TPSA) is 74.9 Å². The molecule has 0 bridgehead atoms. The van der Waals surface area contributed by atoms with Crippen LogP contribution in [0.5, 0.6) is 5.75 Å². The largest absolute Gasteiger partial charge is 0.497 e. The third-order valence-electron chi connectivity index (χ3n) is 6.39. The van der Waals surface area contributed by atoms with E-state index in [0.29, 0.717) is 0 Å². The number of aliphatic hydroxyl groups is 1. The van der Waals surface area contributed by atoms with E-state index >= 15 is 0 Å². The number of aryl methyl sites for hydroxylation is 1. The van der Waals surface area contributed by atoms with Crippen molar-refractivity contribution in [3.8, 4) is 11.4 Å². The van der Waals surface area contributed by atoms with Gasteiger partial charge in [-0.3, -0.25) is 4.99 Å². The zero-order valence-electron chi connectivity index (χ0n) is 19.6. The van der Waals surface area contributed by atoms with Crippen molar-refractivity contribution in [1.29, 1.82) is 0 Å². The maximum absolute atomic E-state index is 10.0. The number of nitrogens with one attached hydrogen (secondary N) is 1. The van der Waals surface area contributed by atoms with Crippen molar-refractivity contribution in [2.45, 2.75) is 39.0 Å². The molecule has 2 atom stereocenters. The van der Waals surface area contributed by atoms with Gasteiger partial charge in [-0.2, -0.15) is 0 Å². The fraction of sp³-hybridized carbons (Fsp3) is 0.259. The van der Waals surface area contributed by atoms with Crippen molar-refractivity contribution in [1.82, 2.24) is 14.5 Å².